The van der Waals surface area contributed by atoms with E-state index in [9.17, 15) is 4.39 Å². The predicted octanol–water partition coefficient (Wildman–Crippen LogP) is 3.66. The van der Waals surface area contributed by atoms with Crippen molar-refractivity contribution in [2.45, 2.75) is 0 Å². The van der Waals surface area contributed by atoms with Crippen molar-refractivity contribution < 1.29 is 9.13 Å². The molecule has 25 heavy (non-hydrogen) atoms. The number of pyridine rings is 2. The molecule has 0 N–H and O–H groups in total. The standard InChI is InChI=1S/C18H12FN5O/c19-13-8-14(10-16(9-13)25-15-4-3-6-20-11-15)24-22-12-18(23-24)17-5-1-2-7-21-17/h1-12H. The van der Waals surface area contributed by atoms with Gasteiger partial charge in [0.05, 0.1) is 23.8 Å². The molecule has 7 heteroatoms. The van der Waals surface area contributed by atoms with Crippen LogP contribution in [0.25, 0.3) is 17.1 Å². The minimum atomic E-state index is -0.451. The van der Waals surface area contributed by atoms with Crippen molar-refractivity contribution in [2.75, 3.05) is 0 Å². The minimum Gasteiger partial charge on any atom is -0.456 e. The Kier molecular flexibility index (Phi) is 3.88. The normalized spacial score (nSPS) is 10.6. The van der Waals surface area contributed by atoms with Crippen LogP contribution < -0.4 is 4.74 Å². The summed E-state index contributed by atoms with van der Waals surface area (Å²) < 4.78 is 19.6. The quantitative estimate of drug-likeness (QED) is 0.570. The van der Waals surface area contributed by atoms with E-state index >= 15 is 0 Å². The van der Waals surface area contributed by atoms with Gasteiger partial charge in [0.15, 0.2) is 0 Å². The van der Waals surface area contributed by atoms with Crippen LogP contribution in [0.3, 0.4) is 0 Å². The number of benzene rings is 1. The van der Waals surface area contributed by atoms with Gasteiger partial charge in [-0.05, 0) is 24.3 Å². The molecule has 0 saturated carbocycles. The maximum atomic E-state index is 14.0. The van der Waals surface area contributed by atoms with Gasteiger partial charge in [-0.2, -0.15) is 9.90 Å². The van der Waals surface area contributed by atoms with Gasteiger partial charge >= 0.3 is 0 Å². The molecular formula is C18H12FN5O. The molecule has 122 valence electrons. The van der Waals surface area contributed by atoms with E-state index in [4.69, 9.17) is 4.74 Å². The Morgan fingerprint density at radius 1 is 0.880 bits per heavy atom. The summed E-state index contributed by atoms with van der Waals surface area (Å²) in [7, 11) is 0. The number of aromatic nitrogens is 5. The highest BCUT2D eigenvalue weighted by molar-refractivity contribution is 5.52. The Morgan fingerprint density at radius 3 is 2.64 bits per heavy atom. The zero-order valence-electron chi connectivity index (χ0n) is 13.0. The molecule has 0 radical (unpaired) electrons. The van der Waals surface area contributed by atoms with E-state index in [1.54, 1.807) is 43.0 Å². The predicted molar refractivity (Wildman–Crippen MR) is 88.9 cm³/mol. The summed E-state index contributed by atoms with van der Waals surface area (Å²) in [5, 5.41) is 8.53. The monoisotopic (exact) mass is 333 g/mol. The van der Waals surface area contributed by atoms with Crippen LogP contribution in [0.2, 0.25) is 0 Å². The second kappa shape index (κ2) is 6.48. The molecule has 0 aliphatic heterocycles. The van der Waals surface area contributed by atoms with E-state index in [1.807, 2.05) is 18.2 Å². The SMILES string of the molecule is Fc1cc(Oc2cccnc2)cc(-n2ncc(-c3ccccn3)n2)c1. The van der Waals surface area contributed by atoms with Crippen LogP contribution in [0.15, 0.2) is 73.3 Å². The van der Waals surface area contributed by atoms with Crippen molar-refractivity contribution in [1.29, 1.82) is 0 Å². The molecule has 3 heterocycles. The fraction of sp³-hybridized carbons (Fsp3) is 0. The minimum absolute atomic E-state index is 0.333. The zero-order valence-corrected chi connectivity index (χ0v) is 13.0. The zero-order chi connectivity index (χ0) is 17.1. The first-order valence-corrected chi connectivity index (χ1v) is 7.50. The molecule has 6 nitrogen and oxygen atoms in total. The van der Waals surface area contributed by atoms with Crippen LogP contribution >= 0.6 is 0 Å². The average molecular weight is 333 g/mol. The molecule has 0 unspecified atom stereocenters. The van der Waals surface area contributed by atoms with Gasteiger partial charge in [-0.15, -0.1) is 5.10 Å². The summed E-state index contributed by atoms with van der Waals surface area (Å²) in [5.41, 5.74) is 1.73. The molecule has 0 fully saturated rings. The molecule has 0 aliphatic carbocycles. The Morgan fingerprint density at radius 2 is 1.84 bits per heavy atom. The van der Waals surface area contributed by atoms with Crippen molar-refractivity contribution in [1.82, 2.24) is 25.0 Å². The fourth-order valence-corrected chi connectivity index (χ4v) is 2.28. The van der Waals surface area contributed by atoms with Gasteiger partial charge in [-0.3, -0.25) is 9.97 Å². The summed E-state index contributed by atoms with van der Waals surface area (Å²) in [5.74, 6) is 0.398. The number of nitrogens with zero attached hydrogens (tertiary/aromatic N) is 5. The lowest BCUT2D eigenvalue weighted by atomic mass is 10.3. The highest BCUT2D eigenvalue weighted by Crippen LogP contribution is 2.24. The molecule has 4 aromatic rings. The van der Waals surface area contributed by atoms with Gasteiger partial charge in [0.25, 0.3) is 0 Å². The van der Waals surface area contributed by atoms with Crippen LogP contribution in [0.1, 0.15) is 0 Å². The third-order valence-corrected chi connectivity index (χ3v) is 3.38. The fourth-order valence-electron chi connectivity index (χ4n) is 2.28. The van der Waals surface area contributed by atoms with Gasteiger partial charge in [0, 0.05) is 30.6 Å². The molecule has 0 bridgehead atoms. The highest BCUT2D eigenvalue weighted by atomic mass is 19.1. The summed E-state index contributed by atoms with van der Waals surface area (Å²) >= 11 is 0. The van der Waals surface area contributed by atoms with Crippen LogP contribution in [0, 0.1) is 5.82 Å². The molecule has 1 aromatic carbocycles. The van der Waals surface area contributed by atoms with Crippen molar-refractivity contribution in [3.63, 3.8) is 0 Å². The van der Waals surface area contributed by atoms with E-state index in [-0.39, 0.29) is 0 Å². The van der Waals surface area contributed by atoms with Gasteiger partial charge in [-0.1, -0.05) is 6.07 Å². The second-order valence-electron chi connectivity index (χ2n) is 5.17. The summed E-state index contributed by atoms with van der Waals surface area (Å²) in [6.45, 7) is 0. The van der Waals surface area contributed by atoms with E-state index in [2.05, 4.69) is 20.2 Å². The van der Waals surface area contributed by atoms with Gasteiger partial charge in [0.2, 0.25) is 0 Å². The van der Waals surface area contributed by atoms with Crippen LogP contribution in [-0.2, 0) is 0 Å². The first-order valence-electron chi connectivity index (χ1n) is 7.50. The number of ether oxygens (including phenoxy) is 1. The number of halogens is 1. The maximum absolute atomic E-state index is 14.0. The lowest BCUT2D eigenvalue weighted by molar-refractivity contribution is 0.473. The average Bonchev–Trinajstić information content (AvgIpc) is 3.13. The second-order valence-corrected chi connectivity index (χ2v) is 5.17. The largest absolute Gasteiger partial charge is 0.456 e. The molecule has 4 rings (SSSR count). The third kappa shape index (κ3) is 3.35. The van der Waals surface area contributed by atoms with Crippen LogP contribution in [0.5, 0.6) is 11.5 Å². The molecule has 0 aliphatic rings. The highest BCUT2D eigenvalue weighted by Gasteiger charge is 2.09. The molecule has 3 aromatic heterocycles. The summed E-state index contributed by atoms with van der Waals surface area (Å²) in [6.07, 6.45) is 6.44. The molecule has 0 saturated heterocycles. The lowest BCUT2D eigenvalue weighted by Crippen LogP contribution is -2.00. The van der Waals surface area contributed by atoms with Gasteiger partial charge in [-0.25, -0.2) is 4.39 Å². The molecule has 0 spiro atoms. The third-order valence-electron chi connectivity index (χ3n) is 3.38. The Bertz CT molecular complexity index is 989. The summed E-state index contributed by atoms with van der Waals surface area (Å²) in [4.78, 5) is 9.53. The van der Waals surface area contributed by atoms with Crippen molar-refractivity contribution in [3.05, 3.63) is 79.1 Å². The number of hydrogen-bond acceptors (Lipinski definition) is 5. The number of rotatable bonds is 4. The maximum Gasteiger partial charge on any atom is 0.145 e. The number of hydrogen-bond donors (Lipinski definition) is 0. The van der Waals surface area contributed by atoms with E-state index in [0.29, 0.717) is 28.6 Å². The van der Waals surface area contributed by atoms with E-state index < -0.39 is 5.82 Å². The van der Waals surface area contributed by atoms with E-state index in [0.717, 1.165) is 0 Å². The molecule has 0 atom stereocenters. The molecule has 0 amide bonds. The van der Waals surface area contributed by atoms with Crippen molar-refractivity contribution >= 4 is 0 Å². The van der Waals surface area contributed by atoms with Crippen LogP contribution in [0.4, 0.5) is 4.39 Å². The van der Waals surface area contributed by atoms with Gasteiger partial charge < -0.3 is 4.74 Å². The smallest absolute Gasteiger partial charge is 0.145 e. The van der Waals surface area contributed by atoms with Gasteiger partial charge in [0.1, 0.15) is 23.0 Å². The summed E-state index contributed by atoms with van der Waals surface area (Å²) in [6, 6.07) is 13.3. The van der Waals surface area contributed by atoms with Crippen LogP contribution in [-0.4, -0.2) is 25.0 Å². The van der Waals surface area contributed by atoms with E-state index in [1.165, 1.54) is 16.9 Å². The Labute approximate surface area is 142 Å². The van der Waals surface area contributed by atoms with Crippen molar-refractivity contribution in [2.24, 2.45) is 0 Å². The Hall–Kier alpha value is -3.61. The lowest BCUT2D eigenvalue weighted by Gasteiger charge is -2.07. The Balaban J connectivity index is 1.66. The first-order chi connectivity index (χ1) is 12.3. The van der Waals surface area contributed by atoms with Crippen molar-refractivity contribution in [3.8, 4) is 28.6 Å². The topological polar surface area (TPSA) is 65.7 Å². The first kappa shape index (κ1) is 14.9. The molecular weight excluding hydrogens is 321 g/mol.